The Bertz CT molecular complexity index is 493. The van der Waals surface area contributed by atoms with E-state index in [0.717, 1.165) is 19.3 Å². The van der Waals surface area contributed by atoms with E-state index < -0.39 is 9.84 Å². The van der Waals surface area contributed by atoms with Crippen molar-refractivity contribution in [1.82, 2.24) is 5.32 Å². The van der Waals surface area contributed by atoms with Crippen LogP contribution in [0.5, 0.6) is 0 Å². The van der Waals surface area contributed by atoms with Gasteiger partial charge in [0.15, 0.2) is 9.84 Å². The van der Waals surface area contributed by atoms with Gasteiger partial charge in [-0.05, 0) is 38.3 Å². The fourth-order valence-corrected chi connectivity index (χ4v) is 5.07. The number of hydrogen-bond donors (Lipinski definition) is 1. The Hall–Kier alpha value is -0.390. The molecule has 2 atom stereocenters. The van der Waals surface area contributed by atoms with Crippen LogP contribution in [0, 0.1) is 0 Å². The van der Waals surface area contributed by atoms with Crippen molar-refractivity contribution < 1.29 is 8.42 Å². The molecule has 1 aromatic rings. The van der Waals surface area contributed by atoms with Gasteiger partial charge in [-0.2, -0.15) is 0 Å². The molecule has 0 radical (unpaired) electrons. The lowest BCUT2D eigenvalue weighted by Crippen LogP contribution is -2.31. The summed E-state index contributed by atoms with van der Waals surface area (Å²) in [7, 11) is -2.82. The van der Waals surface area contributed by atoms with Crippen molar-refractivity contribution in [2.45, 2.75) is 44.4 Å². The van der Waals surface area contributed by atoms with Crippen LogP contribution >= 0.6 is 11.3 Å². The van der Waals surface area contributed by atoms with E-state index in [4.69, 9.17) is 0 Å². The van der Waals surface area contributed by atoms with Gasteiger partial charge in [0, 0.05) is 22.3 Å². The highest BCUT2D eigenvalue weighted by Crippen LogP contribution is 2.25. The number of rotatable bonds is 5. The van der Waals surface area contributed by atoms with Gasteiger partial charge >= 0.3 is 0 Å². The maximum Gasteiger partial charge on any atom is 0.154 e. The second-order valence-electron chi connectivity index (χ2n) is 4.92. The summed E-state index contributed by atoms with van der Waals surface area (Å²) >= 11 is 1.81. The summed E-state index contributed by atoms with van der Waals surface area (Å²) in [6, 6.07) is 4.54. The van der Waals surface area contributed by atoms with Gasteiger partial charge < -0.3 is 5.32 Å². The molecule has 0 aliphatic carbocycles. The highest BCUT2D eigenvalue weighted by Gasteiger charge is 2.31. The Kier molecular flexibility index (Phi) is 4.45. The molecule has 1 N–H and O–H groups in total. The molecular weight excluding hydrogens is 266 g/mol. The molecule has 18 heavy (non-hydrogen) atoms. The molecule has 0 spiro atoms. The summed E-state index contributed by atoms with van der Waals surface area (Å²) in [6.07, 6.45) is 2.70. The van der Waals surface area contributed by atoms with Crippen molar-refractivity contribution in [2.75, 3.05) is 12.3 Å². The fourth-order valence-electron chi connectivity index (χ4n) is 2.31. The van der Waals surface area contributed by atoms with E-state index in [-0.39, 0.29) is 11.3 Å². The minimum atomic E-state index is -2.82. The monoisotopic (exact) mass is 287 g/mol. The van der Waals surface area contributed by atoms with Crippen LogP contribution in [0.15, 0.2) is 12.1 Å². The lowest BCUT2D eigenvalue weighted by Gasteiger charge is -2.15. The Labute approximate surface area is 114 Å². The third kappa shape index (κ3) is 3.13. The molecule has 0 saturated carbocycles. The topological polar surface area (TPSA) is 46.2 Å². The van der Waals surface area contributed by atoms with Crippen molar-refractivity contribution >= 4 is 21.2 Å². The number of nitrogens with one attached hydrogen (secondary N) is 1. The summed E-state index contributed by atoms with van der Waals surface area (Å²) in [6.45, 7) is 4.84. The molecule has 0 aromatic carbocycles. The first kappa shape index (κ1) is 14.0. The summed E-state index contributed by atoms with van der Waals surface area (Å²) in [5, 5.41) is 3.19. The van der Waals surface area contributed by atoms with E-state index in [0.29, 0.717) is 12.3 Å². The van der Waals surface area contributed by atoms with E-state index in [1.807, 2.05) is 11.3 Å². The van der Waals surface area contributed by atoms with Gasteiger partial charge in [0.05, 0.1) is 11.0 Å². The number of hydrogen-bond acceptors (Lipinski definition) is 4. The molecule has 1 aliphatic heterocycles. The molecule has 2 rings (SSSR count). The minimum absolute atomic E-state index is 0.175. The van der Waals surface area contributed by atoms with E-state index in [1.54, 1.807) is 0 Å². The Morgan fingerprint density at radius 1 is 1.50 bits per heavy atom. The van der Waals surface area contributed by atoms with Gasteiger partial charge in [-0.1, -0.05) is 6.92 Å². The first-order chi connectivity index (χ1) is 8.53. The van der Waals surface area contributed by atoms with Crippen LogP contribution in [0.4, 0.5) is 0 Å². The average Bonchev–Trinajstić information content (AvgIpc) is 2.92. The van der Waals surface area contributed by atoms with Gasteiger partial charge in [0.25, 0.3) is 0 Å². The maximum atomic E-state index is 11.7. The molecule has 102 valence electrons. The average molecular weight is 287 g/mol. The molecule has 1 aromatic heterocycles. The third-order valence-corrected chi connectivity index (χ3v) is 7.26. The fraction of sp³-hybridized carbons (Fsp3) is 0.692. The Morgan fingerprint density at radius 2 is 2.28 bits per heavy atom. The second-order valence-corrected chi connectivity index (χ2v) is 8.52. The highest BCUT2D eigenvalue weighted by molar-refractivity contribution is 7.92. The number of sulfone groups is 1. The molecule has 1 aliphatic rings. The van der Waals surface area contributed by atoms with Crippen LogP contribution in [0.25, 0.3) is 0 Å². The standard InChI is InChI=1S/C13H21NO2S2/c1-3-11-6-7-13(17-11)10(2)14-9-12-5-4-8-18(12,15)16/h6-7,10,12,14H,3-5,8-9H2,1-2H3. The van der Waals surface area contributed by atoms with E-state index in [2.05, 4.69) is 31.3 Å². The molecule has 0 bridgehead atoms. The first-order valence-electron chi connectivity index (χ1n) is 6.56. The van der Waals surface area contributed by atoms with Gasteiger partial charge in [-0.15, -0.1) is 11.3 Å². The zero-order chi connectivity index (χ0) is 13.2. The van der Waals surface area contributed by atoms with Crippen molar-refractivity contribution in [2.24, 2.45) is 0 Å². The summed E-state index contributed by atoms with van der Waals surface area (Å²) < 4.78 is 23.4. The Balaban J connectivity index is 1.90. The summed E-state index contributed by atoms with van der Waals surface area (Å²) in [4.78, 5) is 2.68. The van der Waals surface area contributed by atoms with Crippen LogP contribution in [0.3, 0.4) is 0 Å². The minimum Gasteiger partial charge on any atom is -0.308 e. The number of aryl methyl sites for hydroxylation is 1. The largest absolute Gasteiger partial charge is 0.308 e. The zero-order valence-electron chi connectivity index (χ0n) is 11.0. The van der Waals surface area contributed by atoms with Crippen LogP contribution in [0.1, 0.15) is 42.5 Å². The number of thiophene rings is 1. The van der Waals surface area contributed by atoms with Crippen molar-refractivity contribution in [3.63, 3.8) is 0 Å². The zero-order valence-corrected chi connectivity index (χ0v) is 12.6. The second kappa shape index (κ2) is 5.72. The molecule has 0 amide bonds. The van der Waals surface area contributed by atoms with Crippen molar-refractivity contribution in [3.05, 3.63) is 21.9 Å². The van der Waals surface area contributed by atoms with Crippen LogP contribution in [-0.2, 0) is 16.3 Å². The lowest BCUT2D eigenvalue weighted by molar-refractivity contribution is 0.542. The summed E-state index contributed by atoms with van der Waals surface area (Å²) in [5.74, 6) is 0.368. The van der Waals surface area contributed by atoms with Gasteiger partial charge in [0.2, 0.25) is 0 Å². The lowest BCUT2D eigenvalue weighted by atomic mass is 10.2. The predicted molar refractivity (Wildman–Crippen MR) is 76.9 cm³/mol. The van der Waals surface area contributed by atoms with E-state index in [9.17, 15) is 8.42 Å². The van der Waals surface area contributed by atoms with Gasteiger partial charge in [0.1, 0.15) is 0 Å². The van der Waals surface area contributed by atoms with Gasteiger partial charge in [-0.3, -0.25) is 0 Å². The van der Waals surface area contributed by atoms with Crippen LogP contribution in [-0.4, -0.2) is 26.0 Å². The van der Waals surface area contributed by atoms with E-state index in [1.165, 1.54) is 9.75 Å². The summed E-state index contributed by atoms with van der Waals surface area (Å²) in [5.41, 5.74) is 0. The third-order valence-electron chi connectivity index (χ3n) is 3.57. The van der Waals surface area contributed by atoms with Crippen LogP contribution < -0.4 is 5.32 Å². The van der Waals surface area contributed by atoms with Crippen molar-refractivity contribution in [3.8, 4) is 0 Å². The molecule has 5 heteroatoms. The van der Waals surface area contributed by atoms with E-state index >= 15 is 0 Å². The SMILES string of the molecule is CCc1ccc(C(C)NCC2CCCS2(=O)=O)s1. The molecule has 1 fully saturated rings. The quantitative estimate of drug-likeness (QED) is 0.905. The molecule has 2 unspecified atom stereocenters. The molecule has 3 nitrogen and oxygen atoms in total. The normalized spacial score (nSPS) is 24.2. The Morgan fingerprint density at radius 3 is 2.83 bits per heavy atom. The smallest absolute Gasteiger partial charge is 0.154 e. The van der Waals surface area contributed by atoms with Crippen molar-refractivity contribution in [1.29, 1.82) is 0 Å². The maximum absolute atomic E-state index is 11.7. The molecule has 2 heterocycles. The first-order valence-corrected chi connectivity index (χ1v) is 9.09. The molecule has 1 saturated heterocycles. The van der Waals surface area contributed by atoms with Gasteiger partial charge in [-0.25, -0.2) is 8.42 Å². The van der Waals surface area contributed by atoms with Crippen LogP contribution in [0.2, 0.25) is 0 Å². The predicted octanol–water partition coefficient (Wildman–Crippen LogP) is 2.54. The highest BCUT2D eigenvalue weighted by atomic mass is 32.2. The molecular formula is C13H21NO2S2.